The summed E-state index contributed by atoms with van der Waals surface area (Å²) in [4.78, 5) is 14.3. The van der Waals surface area contributed by atoms with Gasteiger partial charge < -0.3 is 10.2 Å². The number of rotatable bonds is 3. The largest absolute Gasteiger partial charge is 0.325 e. The minimum Gasteiger partial charge on any atom is -0.325 e. The zero-order chi connectivity index (χ0) is 16.9. The van der Waals surface area contributed by atoms with E-state index in [-0.39, 0.29) is 10.8 Å². The van der Waals surface area contributed by atoms with Gasteiger partial charge in [0.25, 0.3) is 0 Å². The first-order chi connectivity index (χ1) is 10.9. The molecule has 0 unspecified atom stereocenters. The number of urea groups is 1. The Morgan fingerprint density at radius 3 is 2.43 bits per heavy atom. The lowest BCUT2D eigenvalue weighted by atomic mass is 10.2. The van der Waals surface area contributed by atoms with Crippen LogP contribution in [-0.4, -0.2) is 33.0 Å². The number of carbonyl (C=O) groups excluding carboxylic acids is 1. The quantitative estimate of drug-likeness (QED) is 0.902. The van der Waals surface area contributed by atoms with Gasteiger partial charge in [-0.2, -0.15) is 0 Å². The Bertz CT molecular complexity index is 558. The first kappa shape index (κ1) is 18.0. The van der Waals surface area contributed by atoms with Crippen LogP contribution >= 0.6 is 0 Å². The Morgan fingerprint density at radius 1 is 1.17 bits per heavy atom. The summed E-state index contributed by atoms with van der Waals surface area (Å²) in [7, 11) is -0.939. The number of amides is 2. The molecule has 1 fully saturated rings. The monoisotopic (exact) mass is 336 g/mol. The lowest BCUT2D eigenvalue weighted by Crippen LogP contribution is -2.35. The number of likely N-dealkylation sites (tertiary alicyclic amines) is 1. The Labute approximate surface area is 142 Å². The van der Waals surface area contributed by atoms with E-state index >= 15 is 0 Å². The van der Waals surface area contributed by atoms with Crippen LogP contribution in [0.15, 0.2) is 24.3 Å². The van der Waals surface area contributed by atoms with E-state index < -0.39 is 10.8 Å². The summed E-state index contributed by atoms with van der Waals surface area (Å²) in [6.45, 7) is 7.61. The van der Waals surface area contributed by atoms with Crippen molar-refractivity contribution in [2.24, 2.45) is 0 Å². The third-order valence-electron chi connectivity index (χ3n) is 4.05. The summed E-state index contributed by atoms with van der Waals surface area (Å²) in [6, 6.07) is 7.66. The SMILES string of the molecule is CC(C)(C)[S@@](=O)Cc1cccc(NC(=O)N2CCCCCC2)c1. The van der Waals surface area contributed by atoms with Crippen LogP contribution in [0.4, 0.5) is 10.5 Å². The third kappa shape index (κ3) is 5.65. The molecule has 4 nitrogen and oxygen atoms in total. The maximum Gasteiger partial charge on any atom is 0.321 e. The van der Waals surface area contributed by atoms with Crippen LogP contribution in [0.25, 0.3) is 0 Å². The molecule has 0 bridgehead atoms. The van der Waals surface area contributed by atoms with Gasteiger partial charge in [-0.25, -0.2) is 4.79 Å². The smallest absolute Gasteiger partial charge is 0.321 e. The molecule has 1 aromatic carbocycles. The molecule has 0 aliphatic carbocycles. The molecule has 0 radical (unpaired) electrons. The van der Waals surface area contributed by atoms with Gasteiger partial charge in [-0.3, -0.25) is 4.21 Å². The van der Waals surface area contributed by atoms with Crippen LogP contribution in [0.2, 0.25) is 0 Å². The molecular formula is C18H28N2O2S. The van der Waals surface area contributed by atoms with E-state index in [1.807, 2.05) is 49.9 Å². The van der Waals surface area contributed by atoms with Crippen molar-refractivity contribution in [3.8, 4) is 0 Å². The van der Waals surface area contributed by atoms with Crippen molar-refractivity contribution in [1.29, 1.82) is 0 Å². The minimum atomic E-state index is -0.939. The first-order valence-corrected chi connectivity index (χ1v) is 9.71. The van der Waals surface area contributed by atoms with Crippen LogP contribution in [0.3, 0.4) is 0 Å². The standard InChI is InChI=1S/C18H28N2O2S/c1-18(2,3)23(22)14-15-9-8-10-16(13-15)19-17(21)20-11-6-4-5-7-12-20/h8-10,13H,4-7,11-12,14H2,1-3H3,(H,19,21)/t23-/m0/s1. The van der Waals surface area contributed by atoms with Gasteiger partial charge in [0.05, 0.1) is 0 Å². The molecule has 1 saturated heterocycles. The highest BCUT2D eigenvalue weighted by molar-refractivity contribution is 7.85. The molecule has 2 rings (SSSR count). The zero-order valence-electron chi connectivity index (χ0n) is 14.4. The van der Waals surface area contributed by atoms with Crippen LogP contribution in [0.1, 0.15) is 52.0 Å². The second kappa shape index (κ2) is 7.95. The highest BCUT2D eigenvalue weighted by Crippen LogP contribution is 2.19. The lowest BCUT2D eigenvalue weighted by molar-refractivity contribution is 0.214. The molecule has 5 heteroatoms. The maximum absolute atomic E-state index is 12.4. The number of benzene rings is 1. The molecule has 1 aliphatic heterocycles. The van der Waals surface area contributed by atoms with E-state index in [0.29, 0.717) is 5.75 Å². The zero-order valence-corrected chi connectivity index (χ0v) is 15.2. The fraction of sp³-hybridized carbons (Fsp3) is 0.611. The Morgan fingerprint density at radius 2 is 1.83 bits per heavy atom. The van der Waals surface area contributed by atoms with Gasteiger partial charge in [0, 0.05) is 40.1 Å². The lowest BCUT2D eigenvalue weighted by Gasteiger charge is -2.21. The minimum absolute atomic E-state index is 0.0269. The van der Waals surface area contributed by atoms with E-state index in [1.165, 1.54) is 12.8 Å². The molecule has 1 aliphatic rings. The number of nitrogens with one attached hydrogen (secondary N) is 1. The molecule has 0 spiro atoms. The fourth-order valence-corrected chi connectivity index (χ4v) is 3.50. The first-order valence-electron chi connectivity index (χ1n) is 8.39. The highest BCUT2D eigenvalue weighted by Gasteiger charge is 2.20. The predicted molar refractivity (Wildman–Crippen MR) is 97.1 cm³/mol. The molecule has 1 aromatic rings. The fourth-order valence-electron chi connectivity index (χ4n) is 2.58. The number of hydrogen-bond donors (Lipinski definition) is 1. The van der Waals surface area contributed by atoms with Crippen molar-refractivity contribution in [3.63, 3.8) is 0 Å². The molecule has 0 aromatic heterocycles. The Hall–Kier alpha value is -1.36. The summed E-state index contributed by atoms with van der Waals surface area (Å²) >= 11 is 0. The van der Waals surface area contributed by atoms with Crippen LogP contribution < -0.4 is 5.32 Å². The van der Waals surface area contributed by atoms with Crippen molar-refractivity contribution in [2.45, 2.75) is 57.0 Å². The van der Waals surface area contributed by atoms with Gasteiger partial charge in [-0.1, -0.05) is 25.0 Å². The molecule has 1 heterocycles. The van der Waals surface area contributed by atoms with E-state index in [2.05, 4.69) is 5.32 Å². The normalized spacial score (nSPS) is 17.4. The van der Waals surface area contributed by atoms with Crippen molar-refractivity contribution in [1.82, 2.24) is 4.90 Å². The van der Waals surface area contributed by atoms with E-state index in [1.54, 1.807) is 0 Å². The predicted octanol–water partition coefficient (Wildman–Crippen LogP) is 4.14. The molecule has 1 atom stereocenters. The number of carbonyl (C=O) groups is 1. The van der Waals surface area contributed by atoms with Crippen molar-refractivity contribution in [3.05, 3.63) is 29.8 Å². The third-order valence-corrected chi connectivity index (χ3v) is 6.01. The number of nitrogens with zero attached hydrogens (tertiary/aromatic N) is 1. The second-order valence-electron chi connectivity index (χ2n) is 7.13. The molecule has 128 valence electrons. The van der Waals surface area contributed by atoms with Gasteiger partial charge >= 0.3 is 6.03 Å². The summed E-state index contributed by atoms with van der Waals surface area (Å²) in [6.07, 6.45) is 4.58. The van der Waals surface area contributed by atoms with Crippen molar-refractivity contribution < 1.29 is 9.00 Å². The Kier molecular flexibility index (Phi) is 6.22. The van der Waals surface area contributed by atoms with Gasteiger partial charge in [0.2, 0.25) is 0 Å². The van der Waals surface area contributed by atoms with Gasteiger partial charge in [-0.05, 0) is 51.3 Å². The number of anilines is 1. The van der Waals surface area contributed by atoms with Gasteiger partial charge in [0.15, 0.2) is 0 Å². The van der Waals surface area contributed by atoms with Crippen LogP contribution in [0, 0.1) is 0 Å². The summed E-state index contributed by atoms with van der Waals surface area (Å²) in [5.41, 5.74) is 1.77. The number of hydrogen-bond acceptors (Lipinski definition) is 2. The molecule has 0 saturated carbocycles. The average Bonchev–Trinajstić information content (AvgIpc) is 2.75. The van der Waals surface area contributed by atoms with Gasteiger partial charge in [-0.15, -0.1) is 0 Å². The van der Waals surface area contributed by atoms with Crippen LogP contribution in [-0.2, 0) is 16.6 Å². The van der Waals surface area contributed by atoms with E-state index in [0.717, 1.165) is 37.2 Å². The Balaban J connectivity index is 1.99. The maximum atomic E-state index is 12.4. The summed E-state index contributed by atoms with van der Waals surface area (Å²) in [5, 5.41) is 2.98. The second-order valence-corrected chi connectivity index (χ2v) is 9.34. The topological polar surface area (TPSA) is 49.4 Å². The molecule has 23 heavy (non-hydrogen) atoms. The average molecular weight is 337 g/mol. The summed E-state index contributed by atoms with van der Waals surface area (Å²) < 4.78 is 12.0. The van der Waals surface area contributed by atoms with E-state index in [4.69, 9.17) is 0 Å². The molecule has 1 N–H and O–H groups in total. The van der Waals surface area contributed by atoms with Crippen molar-refractivity contribution in [2.75, 3.05) is 18.4 Å². The molecular weight excluding hydrogens is 308 g/mol. The van der Waals surface area contributed by atoms with Crippen molar-refractivity contribution >= 4 is 22.5 Å². The molecule has 2 amide bonds. The summed E-state index contributed by atoms with van der Waals surface area (Å²) in [5.74, 6) is 0.511. The van der Waals surface area contributed by atoms with Gasteiger partial charge in [0.1, 0.15) is 0 Å². The highest BCUT2D eigenvalue weighted by atomic mass is 32.2. The van der Waals surface area contributed by atoms with Crippen LogP contribution in [0.5, 0.6) is 0 Å². The van der Waals surface area contributed by atoms with E-state index in [9.17, 15) is 9.00 Å².